The number of halogens is 2. The Labute approximate surface area is 185 Å². The highest BCUT2D eigenvalue weighted by Crippen LogP contribution is 2.40. The Morgan fingerprint density at radius 2 is 1.47 bits per heavy atom. The largest absolute Gasteiger partial charge is 0.466 e. The van der Waals surface area contributed by atoms with Crippen LogP contribution in [0.5, 0.6) is 0 Å². The van der Waals surface area contributed by atoms with Crippen LogP contribution in [-0.2, 0) is 19.1 Å². The molecular formula is C23H21Cl2NO4. The molecule has 3 rings (SSSR count). The Bertz CT molecular complexity index is 983. The number of nitrogens with zero attached hydrogens (tertiary/aromatic N) is 1. The van der Waals surface area contributed by atoms with Crippen LogP contribution in [0.2, 0.25) is 10.0 Å². The predicted octanol–water partition coefficient (Wildman–Crippen LogP) is 5.27. The van der Waals surface area contributed by atoms with Crippen molar-refractivity contribution in [1.29, 1.82) is 0 Å². The lowest BCUT2D eigenvalue weighted by atomic mass is 9.83. The standard InChI is InChI=1S/C23H21Cl2NO4/c1-14(15-7-5-4-6-8-15)26-12-17(22(27)29-2)21(18(13-26)23(28)30-3)16-9-10-19(24)20(25)11-16/h4-14,21H,1-3H3/t14-/m1/s1. The molecule has 5 nitrogen and oxygen atoms in total. The number of methoxy groups -OCH3 is 2. The molecule has 1 aliphatic rings. The van der Waals surface area contributed by atoms with Crippen molar-refractivity contribution in [3.05, 3.63) is 93.2 Å². The number of benzene rings is 2. The minimum Gasteiger partial charge on any atom is -0.466 e. The highest BCUT2D eigenvalue weighted by molar-refractivity contribution is 6.42. The molecule has 0 saturated carbocycles. The van der Waals surface area contributed by atoms with Gasteiger partial charge in [0.2, 0.25) is 0 Å². The molecule has 0 radical (unpaired) electrons. The molecule has 2 aromatic rings. The van der Waals surface area contributed by atoms with E-state index in [0.717, 1.165) is 5.56 Å². The number of ether oxygens (including phenoxy) is 2. The molecule has 0 fully saturated rings. The minimum absolute atomic E-state index is 0.139. The van der Waals surface area contributed by atoms with Gasteiger partial charge in [0.25, 0.3) is 0 Å². The zero-order valence-corrected chi connectivity index (χ0v) is 18.3. The van der Waals surface area contributed by atoms with E-state index in [1.807, 2.05) is 42.2 Å². The molecule has 0 amide bonds. The van der Waals surface area contributed by atoms with Gasteiger partial charge >= 0.3 is 11.9 Å². The molecule has 0 bridgehead atoms. The molecule has 2 aromatic carbocycles. The molecule has 156 valence electrons. The highest BCUT2D eigenvalue weighted by Gasteiger charge is 2.36. The van der Waals surface area contributed by atoms with E-state index in [1.165, 1.54) is 14.2 Å². The lowest BCUT2D eigenvalue weighted by Crippen LogP contribution is -2.30. The number of esters is 2. The van der Waals surface area contributed by atoms with E-state index in [9.17, 15) is 9.59 Å². The molecule has 0 N–H and O–H groups in total. The summed E-state index contributed by atoms with van der Waals surface area (Å²) in [6, 6.07) is 14.6. The average Bonchev–Trinajstić information content (AvgIpc) is 2.79. The topological polar surface area (TPSA) is 55.8 Å². The van der Waals surface area contributed by atoms with Crippen LogP contribution in [0.1, 0.15) is 30.0 Å². The molecule has 0 saturated heterocycles. The van der Waals surface area contributed by atoms with Crippen molar-refractivity contribution in [3.8, 4) is 0 Å². The number of carbonyl (C=O) groups excluding carboxylic acids is 2. The normalized spacial score (nSPS) is 15.2. The molecule has 1 aliphatic heterocycles. The van der Waals surface area contributed by atoms with Gasteiger partial charge in [0.05, 0.1) is 47.4 Å². The minimum atomic E-state index is -0.709. The van der Waals surface area contributed by atoms with Gasteiger partial charge in [-0.15, -0.1) is 0 Å². The van der Waals surface area contributed by atoms with Gasteiger partial charge in [-0.2, -0.15) is 0 Å². The summed E-state index contributed by atoms with van der Waals surface area (Å²) in [7, 11) is 2.60. The fraction of sp³-hybridized carbons (Fsp3) is 0.217. The van der Waals surface area contributed by atoms with Gasteiger partial charge in [0, 0.05) is 12.4 Å². The van der Waals surface area contributed by atoms with E-state index in [0.29, 0.717) is 26.8 Å². The average molecular weight is 446 g/mol. The van der Waals surface area contributed by atoms with E-state index in [4.69, 9.17) is 32.7 Å². The highest BCUT2D eigenvalue weighted by atomic mass is 35.5. The molecule has 0 unspecified atom stereocenters. The van der Waals surface area contributed by atoms with E-state index in [1.54, 1.807) is 30.6 Å². The van der Waals surface area contributed by atoms with Crippen molar-refractivity contribution < 1.29 is 19.1 Å². The number of hydrogen-bond acceptors (Lipinski definition) is 5. The Morgan fingerprint density at radius 1 is 0.900 bits per heavy atom. The van der Waals surface area contributed by atoms with Crippen LogP contribution in [0.15, 0.2) is 72.1 Å². The van der Waals surface area contributed by atoms with E-state index >= 15 is 0 Å². The van der Waals surface area contributed by atoms with Crippen molar-refractivity contribution in [3.63, 3.8) is 0 Å². The van der Waals surface area contributed by atoms with Gasteiger partial charge in [0.15, 0.2) is 0 Å². The summed E-state index contributed by atoms with van der Waals surface area (Å²) in [5.74, 6) is -1.81. The summed E-state index contributed by atoms with van der Waals surface area (Å²) in [6.07, 6.45) is 3.40. The van der Waals surface area contributed by atoms with Gasteiger partial charge in [-0.05, 0) is 30.2 Å². The van der Waals surface area contributed by atoms with Crippen LogP contribution in [0, 0.1) is 0 Å². The summed E-state index contributed by atoms with van der Waals surface area (Å²) < 4.78 is 10.0. The summed E-state index contributed by atoms with van der Waals surface area (Å²) in [4.78, 5) is 27.2. The first-order valence-corrected chi connectivity index (χ1v) is 10.00. The van der Waals surface area contributed by atoms with Crippen LogP contribution in [0.4, 0.5) is 0 Å². The Hall–Kier alpha value is -2.76. The summed E-state index contributed by atoms with van der Waals surface area (Å²) in [6.45, 7) is 1.98. The lowest BCUT2D eigenvalue weighted by molar-refractivity contribution is -0.137. The Balaban J connectivity index is 2.15. The number of rotatable bonds is 5. The molecule has 7 heteroatoms. The molecule has 1 heterocycles. The van der Waals surface area contributed by atoms with Crippen molar-refractivity contribution >= 4 is 35.1 Å². The lowest BCUT2D eigenvalue weighted by Gasteiger charge is -2.33. The van der Waals surface area contributed by atoms with Gasteiger partial charge in [-0.1, -0.05) is 59.6 Å². The van der Waals surface area contributed by atoms with Gasteiger partial charge in [-0.25, -0.2) is 9.59 Å². The Morgan fingerprint density at radius 3 is 1.97 bits per heavy atom. The molecule has 30 heavy (non-hydrogen) atoms. The van der Waals surface area contributed by atoms with Crippen molar-refractivity contribution in [1.82, 2.24) is 4.90 Å². The van der Waals surface area contributed by atoms with Crippen LogP contribution in [-0.4, -0.2) is 31.1 Å². The van der Waals surface area contributed by atoms with E-state index < -0.39 is 17.9 Å². The maximum Gasteiger partial charge on any atom is 0.336 e. The second kappa shape index (κ2) is 9.37. The molecule has 0 aromatic heterocycles. The van der Waals surface area contributed by atoms with Gasteiger partial charge in [0.1, 0.15) is 0 Å². The second-order valence-corrected chi connectivity index (χ2v) is 7.61. The maximum absolute atomic E-state index is 12.7. The van der Waals surface area contributed by atoms with Gasteiger partial charge < -0.3 is 14.4 Å². The first-order chi connectivity index (χ1) is 14.4. The number of carbonyl (C=O) groups is 2. The third-order valence-corrected chi connectivity index (χ3v) is 5.79. The van der Waals surface area contributed by atoms with E-state index in [2.05, 4.69) is 0 Å². The third kappa shape index (κ3) is 4.37. The predicted molar refractivity (Wildman–Crippen MR) is 116 cm³/mol. The maximum atomic E-state index is 12.7. The van der Waals surface area contributed by atoms with Crippen molar-refractivity contribution in [2.75, 3.05) is 14.2 Å². The molecule has 0 aliphatic carbocycles. The summed E-state index contributed by atoms with van der Waals surface area (Å²) in [5.41, 5.74) is 2.24. The fourth-order valence-electron chi connectivity index (χ4n) is 3.43. The van der Waals surface area contributed by atoms with Crippen LogP contribution in [0.25, 0.3) is 0 Å². The van der Waals surface area contributed by atoms with Crippen LogP contribution >= 0.6 is 23.2 Å². The zero-order valence-electron chi connectivity index (χ0n) is 16.8. The monoisotopic (exact) mass is 445 g/mol. The van der Waals surface area contributed by atoms with Crippen molar-refractivity contribution in [2.45, 2.75) is 18.9 Å². The number of hydrogen-bond donors (Lipinski definition) is 0. The summed E-state index contributed by atoms with van der Waals surface area (Å²) in [5, 5.41) is 0.699. The molecule has 0 spiro atoms. The zero-order chi connectivity index (χ0) is 21.8. The molecule has 1 atom stereocenters. The second-order valence-electron chi connectivity index (χ2n) is 6.79. The SMILES string of the molecule is COC(=O)C1=CN([C@H](C)c2ccccc2)C=C(C(=O)OC)C1c1ccc(Cl)c(Cl)c1. The quantitative estimate of drug-likeness (QED) is 0.586. The molecular weight excluding hydrogens is 425 g/mol. The van der Waals surface area contributed by atoms with Crippen molar-refractivity contribution in [2.24, 2.45) is 0 Å². The van der Waals surface area contributed by atoms with E-state index in [-0.39, 0.29) is 6.04 Å². The fourth-order valence-corrected chi connectivity index (χ4v) is 3.74. The van der Waals surface area contributed by atoms with Gasteiger partial charge in [-0.3, -0.25) is 0 Å². The first-order valence-electron chi connectivity index (χ1n) is 9.24. The smallest absolute Gasteiger partial charge is 0.336 e. The first kappa shape index (κ1) is 21.9. The Kier molecular flexibility index (Phi) is 6.85. The van der Waals surface area contributed by atoms with Crippen LogP contribution in [0.3, 0.4) is 0 Å². The van der Waals surface area contributed by atoms with Crippen LogP contribution < -0.4 is 0 Å². The summed E-state index contributed by atoms with van der Waals surface area (Å²) >= 11 is 12.3. The third-order valence-electron chi connectivity index (χ3n) is 5.05.